The first-order valence-electron chi connectivity index (χ1n) is 6.94. The van der Waals surface area contributed by atoms with Gasteiger partial charge in [-0.2, -0.15) is 0 Å². The first kappa shape index (κ1) is 14.6. The molecule has 0 amide bonds. The minimum absolute atomic E-state index is 0.385. The molecular weight excluding hydrogens is 352 g/mol. The molecule has 0 aliphatic heterocycles. The van der Waals surface area contributed by atoms with Gasteiger partial charge >= 0.3 is 0 Å². The van der Waals surface area contributed by atoms with Crippen LogP contribution in [0.4, 0.5) is 0 Å². The number of hydrogen-bond donors (Lipinski definition) is 0. The monoisotopic (exact) mass is 372 g/mol. The lowest BCUT2D eigenvalue weighted by Crippen LogP contribution is -2.30. The van der Waals surface area contributed by atoms with Gasteiger partial charge in [0.2, 0.25) is 0 Å². The standard InChI is InChI=1S/C16H22Br2/c17-12-16(13-18,11-15-8-4-5-9-15)10-14-6-2-1-3-7-14/h1-3,6-7,15H,4-5,8-13H2. The summed E-state index contributed by atoms with van der Waals surface area (Å²) in [7, 11) is 0. The maximum Gasteiger partial charge on any atom is 0.00992 e. The molecule has 0 N–H and O–H groups in total. The van der Waals surface area contributed by atoms with E-state index in [9.17, 15) is 0 Å². The summed E-state index contributed by atoms with van der Waals surface area (Å²) in [5.74, 6) is 0.948. The summed E-state index contributed by atoms with van der Waals surface area (Å²) in [4.78, 5) is 0. The van der Waals surface area contributed by atoms with Crippen molar-refractivity contribution in [1.82, 2.24) is 0 Å². The molecule has 2 heteroatoms. The van der Waals surface area contributed by atoms with Gasteiger partial charge in [0.25, 0.3) is 0 Å². The largest absolute Gasteiger partial charge is 0.0922 e. The van der Waals surface area contributed by atoms with Crippen molar-refractivity contribution in [2.45, 2.75) is 38.5 Å². The van der Waals surface area contributed by atoms with Crippen LogP contribution >= 0.6 is 31.9 Å². The van der Waals surface area contributed by atoms with Crippen LogP contribution in [0.15, 0.2) is 30.3 Å². The molecule has 0 aromatic heterocycles. The van der Waals surface area contributed by atoms with Gasteiger partial charge in [0.05, 0.1) is 0 Å². The van der Waals surface area contributed by atoms with Crippen LogP contribution in [0.5, 0.6) is 0 Å². The molecule has 18 heavy (non-hydrogen) atoms. The fourth-order valence-electron chi connectivity index (χ4n) is 3.17. The lowest BCUT2D eigenvalue weighted by atomic mass is 9.77. The smallest absolute Gasteiger partial charge is 0.00992 e. The van der Waals surface area contributed by atoms with Crippen LogP contribution in [0.25, 0.3) is 0 Å². The summed E-state index contributed by atoms with van der Waals surface area (Å²) in [6.45, 7) is 0. The average Bonchev–Trinajstić information content (AvgIpc) is 2.92. The molecular formula is C16H22Br2. The number of rotatable bonds is 6. The Labute approximate surface area is 128 Å². The van der Waals surface area contributed by atoms with Crippen molar-refractivity contribution in [3.63, 3.8) is 0 Å². The van der Waals surface area contributed by atoms with E-state index in [-0.39, 0.29) is 0 Å². The molecule has 100 valence electrons. The van der Waals surface area contributed by atoms with Crippen LogP contribution in [-0.4, -0.2) is 10.7 Å². The number of alkyl halides is 2. The molecule has 1 aliphatic carbocycles. The highest BCUT2D eigenvalue weighted by Crippen LogP contribution is 2.40. The summed E-state index contributed by atoms with van der Waals surface area (Å²) >= 11 is 7.54. The highest BCUT2D eigenvalue weighted by molar-refractivity contribution is 9.09. The Morgan fingerprint density at radius 3 is 2.17 bits per heavy atom. The molecule has 0 nitrogen and oxygen atoms in total. The zero-order valence-electron chi connectivity index (χ0n) is 10.9. The molecule has 1 aromatic carbocycles. The van der Waals surface area contributed by atoms with Crippen molar-refractivity contribution >= 4 is 31.9 Å². The molecule has 0 atom stereocenters. The zero-order valence-corrected chi connectivity index (χ0v) is 14.0. The molecule has 0 saturated heterocycles. The minimum Gasteiger partial charge on any atom is -0.0922 e. The van der Waals surface area contributed by atoms with E-state index in [2.05, 4.69) is 62.2 Å². The van der Waals surface area contributed by atoms with E-state index in [1.54, 1.807) is 0 Å². The summed E-state index contributed by atoms with van der Waals surface area (Å²) in [5.41, 5.74) is 1.85. The third-order valence-electron chi connectivity index (χ3n) is 4.19. The molecule has 1 aliphatic rings. The van der Waals surface area contributed by atoms with Crippen LogP contribution in [0.3, 0.4) is 0 Å². The second kappa shape index (κ2) is 7.09. The van der Waals surface area contributed by atoms with E-state index >= 15 is 0 Å². The third-order valence-corrected chi connectivity index (χ3v) is 6.56. The maximum absolute atomic E-state index is 3.77. The molecule has 0 radical (unpaired) electrons. The van der Waals surface area contributed by atoms with Crippen molar-refractivity contribution in [3.05, 3.63) is 35.9 Å². The highest BCUT2D eigenvalue weighted by atomic mass is 79.9. The molecule has 2 rings (SSSR count). The molecule has 0 unspecified atom stereocenters. The van der Waals surface area contributed by atoms with E-state index in [1.807, 2.05) is 0 Å². The molecule has 1 fully saturated rings. The molecule has 0 spiro atoms. The Balaban J connectivity index is 2.05. The maximum atomic E-state index is 3.77. The first-order chi connectivity index (χ1) is 8.78. The topological polar surface area (TPSA) is 0 Å². The van der Waals surface area contributed by atoms with Crippen molar-refractivity contribution in [2.75, 3.05) is 10.7 Å². The third kappa shape index (κ3) is 3.84. The molecule has 0 bridgehead atoms. The van der Waals surface area contributed by atoms with Crippen LogP contribution in [0.1, 0.15) is 37.7 Å². The summed E-state index contributed by atoms with van der Waals surface area (Å²) in [6.07, 6.45) is 8.31. The van der Waals surface area contributed by atoms with Gasteiger partial charge in [-0.3, -0.25) is 0 Å². The van der Waals surface area contributed by atoms with Crippen molar-refractivity contribution in [1.29, 1.82) is 0 Å². The Kier molecular flexibility index (Phi) is 5.75. The SMILES string of the molecule is BrCC(CBr)(Cc1ccccc1)CC1CCCC1. The number of benzene rings is 1. The molecule has 1 aromatic rings. The Morgan fingerprint density at radius 2 is 1.61 bits per heavy atom. The van der Waals surface area contributed by atoms with Gasteiger partial charge < -0.3 is 0 Å². The second-order valence-electron chi connectivity index (χ2n) is 5.78. The minimum atomic E-state index is 0.385. The number of halogens is 2. The van der Waals surface area contributed by atoms with Crippen LogP contribution in [-0.2, 0) is 6.42 Å². The quantitative estimate of drug-likeness (QED) is 0.570. The van der Waals surface area contributed by atoms with E-state index in [1.165, 1.54) is 44.1 Å². The second-order valence-corrected chi connectivity index (χ2v) is 6.91. The van der Waals surface area contributed by atoms with Gasteiger partial charge in [0.15, 0.2) is 0 Å². The van der Waals surface area contributed by atoms with Crippen molar-refractivity contribution in [3.8, 4) is 0 Å². The van der Waals surface area contributed by atoms with Gasteiger partial charge in [0, 0.05) is 10.7 Å². The normalized spacial score (nSPS) is 17.2. The zero-order chi connectivity index (χ0) is 12.8. The van der Waals surface area contributed by atoms with Gasteiger partial charge in [0.1, 0.15) is 0 Å². The summed E-state index contributed by atoms with van der Waals surface area (Å²) in [5, 5.41) is 2.19. The predicted octanol–water partition coefficient (Wildman–Crippen LogP) is 5.59. The fourth-order valence-corrected chi connectivity index (χ4v) is 4.95. The van der Waals surface area contributed by atoms with Crippen molar-refractivity contribution in [2.24, 2.45) is 11.3 Å². The van der Waals surface area contributed by atoms with Crippen LogP contribution in [0.2, 0.25) is 0 Å². The van der Waals surface area contributed by atoms with Crippen molar-refractivity contribution < 1.29 is 0 Å². The highest BCUT2D eigenvalue weighted by Gasteiger charge is 2.32. The summed E-state index contributed by atoms with van der Waals surface area (Å²) in [6, 6.07) is 10.9. The first-order valence-corrected chi connectivity index (χ1v) is 9.18. The van der Waals surface area contributed by atoms with E-state index in [0.29, 0.717) is 5.41 Å². The molecule has 1 saturated carbocycles. The predicted molar refractivity (Wildman–Crippen MR) is 86.7 cm³/mol. The average molecular weight is 374 g/mol. The van der Waals surface area contributed by atoms with Gasteiger partial charge in [-0.25, -0.2) is 0 Å². The van der Waals surface area contributed by atoms with E-state index in [0.717, 1.165) is 16.6 Å². The Morgan fingerprint density at radius 1 is 1.00 bits per heavy atom. The van der Waals surface area contributed by atoms with Gasteiger partial charge in [-0.15, -0.1) is 0 Å². The van der Waals surface area contributed by atoms with Crippen LogP contribution < -0.4 is 0 Å². The number of hydrogen-bond acceptors (Lipinski definition) is 0. The summed E-state index contributed by atoms with van der Waals surface area (Å²) < 4.78 is 0. The van der Waals surface area contributed by atoms with Gasteiger partial charge in [-0.1, -0.05) is 87.9 Å². The van der Waals surface area contributed by atoms with E-state index in [4.69, 9.17) is 0 Å². The van der Waals surface area contributed by atoms with Gasteiger partial charge in [-0.05, 0) is 29.7 Å². The Hall–Kier alpha value is 0.180. The Bertz CT molecular complexity index is 337. The molecule has 0 heterocycles. The fraction of sp³-hybridized carbons (Fsp3) is 0.625. The lowest BCUT2D eigenvalue weighted by Gasteiger charge is -2.33. The van der Waals surface area contributed by atoms with Crippen LogP contribution in [0, 0.1) is 11.3 Å². The van der Waals surface area contributed by atoms with E-state index < -0.39 is 0 Å². The lowest BCUT2D eigenvalue weighted by molar-refractivity contribution is 0.283.